The van der Waals surface area contributed by atoms with Gasteiger partial charge in [-0.05, 0) is 30.4 Å². The first-order valence-corrected chi connectivity index (χ1v) is 5.99. The van der Waals surface area contributed by atoms with E-state index in [1.165, 1.54) is 0 Å². The molecule has 0 spiro atoms. The number of fused-ring (bicyclic) bond motifs is 2. The van der Waals surface area contributed by atoms with E-state index in [0.29, 0.717) is 5.69 Å². The molecule has 1 aliphatic carbocycles. The van der Waals surface area contributed by atoms with Crippen molar-refractivity contribution in [2.45, 2.75) is 31.2 Å². The van der Waals surface area contributed by atoms with Crippen LogP contribution in [-0.4, -0.2) is 22.2 Å². The maximum Gasteiger partial charge on any atom is 0.311 e. The lowest BCUT2D eigenvalue weighted by atomic mass is 9.78. The number of rotatable bonds is 1. The third-order valence-electron chi connectivity index (χ3n) is 4.00. The van der Waals surface area contributed by atoms with Gasteiger partial charge < -0.3 is 15.5 Å². The minimum atomic E-state index is -0.782. The van der Waals surface area contributed by atoms with Gasteiger partial charge in [-0.3, -0.25) is 4.79 Å². The SMILES string of the molecule is O=C(O)C1c2cccc(O)c2NC2CCCC21. The molecule has 3 rings (SSSR count). The van der Waals surface area contributed by atoms with Crippen molar-refractivity contribution >= 4 is 11.7 Å². The zero-order valence-electron chi connectivity index (χ0n) is 9.39. The molecule has 1 fully saturated rings. The summed E-state index contributed by atoms with van der Waals surface area (Å²) >= 11 is 0. The number of hydrogen-bond acceptors (Lipinski definition) is 3. The van der Waals surface area contributed by atoms with Gasteiger partial charge in [0, 0.05) is 6.04 Å². The second kappa shape index (κ2) is 3.65. The van der Waals surface area contributed by atoms with E-state index < -0.39 is 11.9 Å². The lowest BCUT2D eigenvalue weighted by Gasteiger charge is -2.35. The molecule has 0 bridgehead atoms. The van der Waals surface area contributed by atoms with Crippen LogP contribution in [0, 0.1) is 5.92 Å². The van der Waals surface area contributed by atoms with Crippen LogP contribution in [0.15, 0.2) is 18.2 Å². The van der Waals surface area contributed by atoms with Gasteiger partial charge in [-0.25, -0.2) is 0 Å². The van der Waals surface area contributed by atoms with E-state index in [1.807, 2.05) is 0 Å². The van der Waals surface area contributed by atoms with Gasteiger partial charge in [0.05, 0.1) is 11.6 Å². The maximum atomic E-state index is 11.5. The van der Waals surface area contributed by atoms with Crippen LogP contribution in [0.5, 0.6) is 5.75 Å². The van der Waals surface area contributed by atoms with Crippen LogP contribution in [0.1, 0.15) is 30.7 Å². The molecule has 17 heavy (non-hydrogen) atoms. The quantitative estimate of drug-likeness (QED) is 0.650. The standard InChI is InChI=1S/C13H15NO3/c15-10-6-2-4-8-11(13(16)17)7-3-1-5-9(7)14-12(8)10/h2,4,6-7,9,11,14-15H,1,3,5H2,(H,16,17). The highest BCUT2D eigenvalue weighted by Crippen LogP contribution is 2.48. The highest BCUT2D eigenvalue weighted by atomic mass is 16.4. The molecule has 4 heteroatoms. The van der Waals surface area contributed by atoms with Gasteiger partial charge in [0.25, 0.3) is 0 Å². The number of anilines is 1. The highest BCUT2D eigenvalue weighted by Gasteiger charge is 2.43. The molecule has 1 aliphatic heterocycles. The number of phenolic OH excluding ortho intramolecular Hbond substituents is 1. The van der Waals surface area contributed by atoms with Crippen molar-refractivity contribution < 1.29 is 15.0 Å². The second-order valence-electron chi connectivity index (χ2n) is 4.90. The number of carbonyl (C=O) groups is 1. The van der Waals surface area contributed by atoms with E-state index in [-0.39, 0.29) is 17.7 Å². The predicted octanol–water partition coefficient (Wildman–Crippen LogP) is 2.15. The maximum absolute atomic E-state index is 11.5. The molecule has 1 heterocycles. The molecule has 3 N–H and O–H groups in total. The summed E-state index contributed by atoms with van der Waals surface area (Å²) in [5, 5.41) is 22.5. The summed E-state index contributed by atoms with van der Waals surface area (Å²) in [5.74, 6) is -0.956. The fourth-order valence-corrected chi connectivity index (χ4v) is 3.27. The lowest BCUT2D eigenvalue weighted by Crippen LogP contribution is -2.37. The summed E-state index contributed by atoms with van der Waals surface area (Å²) in [6.45, 7) is 0. The summed E-state index contributed by atoms with van der Waals surface area (Å²) in [6.07, 6.45) is 2.99. The first kappa shape index (κ1) is 10.4. The Bertz CT molecular complexity index is 472. The van der Waals surface area contributed by atoms with Crippen molar-refractivity contribution in [2.24, 2.45) is 5.92 Å². The molecule has 0 radical (unpaired) electrons. The van der Waals surface area contributed by atoms with Crippen LogP contribution in [0.25, 0.3) is 0 Å². The minimum absolute atomic E-state index is 0.152. The molecule has 3 atom stereocenters. The summed E-state index contributed by atoms with van der Waals surface area (Å²) in [4.78, 5) is 11.5. The van der Waals surface area contributed by atoms with Crippen LogP contribution in [0.2, 0.25) is 0 Å². The molecule has 4 nitrogen and oxygen atoms in total. The third-order valence-corrected chi connectivity index (χ3v) is 4.00. The fourth-order valence-electron chi connectivity index (χ4n) is 3.27. The molecule has 0 saturated heterocycles. The molecule has 1 saturated carbocycles. The predicted molar refractivity (Wildman–Crippen MR) is 63.2 cm³/mol. The van der Waals surface area contributed by atoms with Crippen molar-refractivity contribution in [2.75, 3.05) is 5.32 Å². The third kappa shape index (κ3) is 1.47. The average Bonchev–Trinajstić information content (AvgIpc) is 2.74. The monoisotopic (exact) mass is 233 g/mol. The Morgan fingerprint density at radius 3 is 2.94 bits per heavy atom. The van der Waals surface area contributed by atoms with Crippen LogP contribution in [0.4, 0.5) is 5.69 Å². The smallest absolute Gasteiger partial charge is 0.311 e. The molecule has 0 amide bonds. The molecule has 1 aromatic carbocycles. The normalized spacial score (nSPS) is 30.2. The first-order chi connectivity index (χ1) is 8.18. The van der Waals surface area contributed by atoms with Gasteiger partial charge >= 0.3 is 5.97 Å². The first-order valence-electron chi connectivity index (χ1n) is 5.99. The number of aromatic hydroxyl groups is 1. The Morgan fingerprint density at radius 2 is 2.18 bits per heavy atom. The van der Waals surface area contributed by atoms with E-state index in [1.54, 1.807) is 18.2 Å². The van der Waals surface area contributed by atoms with Gasteiger partial charge in [-0.1, -0.05) is 18.6 Å². The van der Waals surface area contributed by atoms with Gasteiger partial charge in [-0.15, -0.1) is 0 Å². The fraction of sp³-hybridized carbons (Fsp3) is 0.462. The summed E-state index contributed by atoms with van der Waals surface area (Å²) in [7, 11) is 0. The Kier molecular flexibility index (Phi) is 2.24. The van der Waals surface area contributed by atoms with E-state index in [9.17, 15) is 15.0 Å². The zero-order valence-corrected chi connectivity index (χ0v) is 9.39. The lowest BCUT2D eigenvalue weighted by molar-refractivity contribution is -0.140. The summed E-state index contributed by atoms with van der Waals surface area (Å²) in [6, 6.07) is 5.30. The molecular formula is C13H15NO3. The van der Waals surface area contributed by atoms with Gasteiger partial charge in [0.15, 0.2) is 0 Å². The van der Waals surface area contributed by atoms with E-state index in [2.05, 4.69) is 5.32 Å². The van der Waals surface area contributed by atoms with Crippen molar-refractivity contribution in [3.63, 3.8) is 0 Å². The van der Waals surface area contributed by atoms with Crippen LogP contribution < -0.4 is 5.32 Å². The average molecular weight is 233 g/mol. The van der Waals surface area contributed by atoms with E-state index in [4.69, 9.17) is 0 Å². The van der Waals surface area contributed by atoms with Crippen molar-refractivity contribution in [3.05, 3.63) is 23.8 Å². The number of hydrogen-bond donors (Lipinski definition) is 3. The number of phenols is 1. The topological polar surface area (TPSA) is 69.6 Å². The van der Waals surface area contributed by atoms with Gasteiger partial charge in [-0.2, -0.15) is 0 Å². The summed E-state index contributed by atoms with van der Waals surface area (Å²) in [5.41, 5.74) is 1.34. The molecular weight excluding hydrogens is 218 g/mol. The van der Waals surface area contributed by atoms with Crippen molar-refractivity contribution in [1.82, 2.24) is 0 Å². The Balaban J connectivity index is 2.13. The number of carboxylic acids is 1. The van der Waals surface area contributed by atoms with Crippen molar-refractivity contribution in [1.29, 1.82) is 0 Å². The van der Waals surface area contributed by atoms with E-state index >= 15 is 0 Å². The Labute approximate surface area is 99.3 Å². The largest absolute Gasteiger partial charge is 0.506 e. The van der Waals surface area contributed by atoms with Crippen LogP contribution in [0.3, 0.4) is 0 Å². The number of benzene rings is 1. The van der Waals surface area contributed by atoms with Crippen molar-refractivity contribution in [3.8, 4) is 5.75 Å². The van der Waals surface area contributed by atoms with Gasteiger partial charge in [0.2, 0.25) is 0 Å². The highest BCUT2D eigenvalue weighted by molar-refractivity contribution is 5.82. The van der Waals surface area contributed by atoms with Gasteiger partial charge in [0.1, 0.15) is 5.75 Å². The molecule has 2 aliphatic rings. The molecule has 3 unspecified atom stereocenters. The second-order valence-corrected chi connectivity index (χ2v) is 4.90. The molecule has 90 valence electrons. The minimum Gasteiger partial charge on any atom is -0.506 e. The number of nitrogens with one attached hydrogen (secondary N) is 1. The number of aliphatic carboxylic acids is 1. The van der Waals surface area contributed by atoms with Crippen LogP contribution >= 0.6 is 0 Å². The Hall–Kier alpha value is -1.71. The molecule has 0 aromatic heterocycles. The number of carboxylic acid groups (broad SMARTS) is 1. The number of para-hydroxylation sites is 1. The summed E-state index contributed by atoms with van der Waals surface area (Å²) < 4.78 is 0. The zero-order chi connectivity index (χ0) is 12.0. The molecule has 1 aromatic rings. The Morgan fingerprint density at radius 1 is 1.35 bits per heavy atom. The van der Waals surface area contributed by atoms with Crippen LogP contribution in [-0.2, 0) is 4.79 Å². The van der Waals surface area contributed by atoms with E-state index in [0.717, 1.165) is 24.8 Å².